The van der Waals surface area contributed by atoms with E-state index in [1.165, 1.54) is 31.5 Å². The summed E-state index contributed by atoms with van der Waals surface area (Å²) in [4.78, 5) is 42.2. The zero-order valence-corrected chi connectivity index (χ0v) is 25.1. The van der Waals surface area contributed by atoms with Gasteiger partial charge in [0.05, 0.1) is 22.6 Å². The topological polar surface area (TPSA) is 129 Å². The maximum Gasteiger partial charge on any atom is 0.248 e. The van der Waals surface area contributed by atoms with E-state index in [0.717, 1.165) is 43.7 Å². The molecule has 4 rings (SSSR count). The Balaban J connectivity index is 1.49. The minimum absolute atomic E-state index is 0.0711. The first kappa shape index (κ1) is 31.7. The first-order valence-corrected chi connectivity index (χ1v) is 16.0. The molecule has 1 aliphatic rings. The summed E-state index contributed by atoms with van der Waals surface area (Å²) in [7, 11) is -3.67. The number of carbonyl (C=O) groups is 1. The van der Waals surface area contributed by atoms with Crippen LogP contribution in [0.4, 0.5) is 17.3 Å². The summed E-state index contributed by atoms with van der Waals surface area (Å²) in [5, 5.41) is 7.02. The van der Waals surface area contributed by atoms with Gasteiger partial charge in [0.2, 0.25) is 13.5 Å². The lowest BCUT2D eigenvalue weighted by atomic mass is 10.0. The predicted octanol–water partition coefficient (Wildman–Crippen LogP) is 5.66. The van der Waals surface area contributed by atoms with Crippen LogP contribution in [0, 0.1) is 0 Å². The number of nitrogens with zero attached hydrogens (tertiary/aromatic N) is 3. The van der Waals surface area contributed by atoms with E-state index in [4.69, 9.17) is 20.9 Å². The van der Waals surface area contributed by atoms with E-state index in [9.17, 15) is 14.6 Å². The average molecular weight is 614 g/mol. The van der Waals surface area contributed by atoms with E-state index in [0.29, 0.717) is 33.8 Å². The van der Waals surface area contributed by atoms with Crippen molar-refractivity contribution in [1.29, 1.82) is 0 Å². The molecule has 0 bridgehead atoms. The zero-order chi connectivity index (χ0) is 30.0. The highest BCUT2D eigenvalue weighted by molar-refractivity contribution is 7.57. The van der Waals surface area contributed by atoms with Crippen molar-refractivity contribution >= 4 is 48.6 Å². The number of ketones is 1. The second-order valence-electron chi connectivity index (χ2n) is 10.0. The molecule has 2 aromatic carbocycles. The van der Waals surface area contributed by atoms with Crippen LogP contribution in [0.1, 0.15) is 31.2 Å². The van der Waals surface area contributed by atoms with E-state index < -0.39 is 7.57 Å². The Kier molecular flexibility index (Phi) is 11.5. The van der Waals surface area contributed by atoms with Crippen molar-refractivity contribution in [3.63, 3.8) is 0 Å². The first-order valence-electron chi connectivity index (χ1n) is 13.8. The summed E-state index contributed by atoms with van der Waals surface area (Å²) >= 11 is 6.46. The van der Waals surface area contributed by atoms with E-state index in [1.54, 1.807) is 12.1 Å². The van der Waals surface area contributed by atoms with Crippen LogP contribution in [-0.2, 0) is 15.7 Å². The Morgan fingerprint density at radius 3 is 2.74 bits per heavy atom. The lowest BCUT2D eigenvalue weighted by Gasteiger charge is -2.26. The zero-order valence-electron chi connectivity index (χ0n) is 23.5. The summed E-state index contributed by atoms with van der Waals surface area (Å²) in [5.74, 6) is 0.746. The van der Waals surface area contributed by atoms with Gasteiger partial charge in [-0.15, -0.1) is 0 Å². The predicted molar refractivity (Wildman–Crippen MR) is 170 cm³/mol. The van der Waals surface area contributed by atoms with Gasteiger partial charge < -0.3 is 30.1 Å². The molecular weight excluding hydrogens is 577 g/mol. The van der Waals surface area contributed by atoms with Crippen molar-refractivity contribution in [1.82, 2.24) is 14.9 Å². The Hall–Kier alpha value is -3.24. The molecule has 0 radical (unpaired) electrons. The Morgan fingerprint density at radius 2 is 1.98 bits per heavy atom. The second kappa shape index (κ2) is 15.3. The van der Waals surface area contributed by atoms with Gasteiger partial charge in [-0.3, -0.25) is 9.32 Å². The molecule has 0 unspecified atom stereocenters. The van der Waals surface area contributed by atoms with Crippen molar-refractivity contribution in [2.75, 3.05) is 43.6 Å². The number of hydrogen-bond donors (Lipinski definition) is 4. The van der Waals surface area contributed by atoms with Crippen LogP contribution >= 0.6 is 19.2 Å². The number of piperidine rings is 1. The third-order valence-corrected chi connectivity index (χ3v) is 7.47. The highest BCUT2D eigenvalue weighted by Crippen LogP contribution is 2.36. The van der Waals surface area contributed by atoms with Crippen LogP contribution in [-0.4, -0.2) is 69.7 Å². The van der Waals surface area contributed by atoms with Crippen molar-refractivity contribution < 1.29 is 23.8 Å². The van der Waals surface area contributed by atoms with Gasteiger partial charge in [0.25, 0.3) is 0 Å². The van der Waals surface area contributed by atoms with Crippen molar-refractivity contribution in [2.24, 2.45) is 0 Å². The summed E-state index contributed by atoms with van der Waals surface area (Å²) in [5.41, 5.74) is 3.52. The van der Waals surface area contributed by atoms with E-state index in [2.05, 4.69) is 38.4 Å². The lowest BCUT2D eigenvalue weighted by molar-refractivity contribution is -0.114. The molecule has 10 nitrogen and oxygen atoms in total. The SMILES string of the molecule is C=CC(=O)Cc1cccc(-c2nc(Nc3ccc(OCOP(=C)(O)O)c(NCCCN4CCCCC4)c3)ncc2Cl)c1. The van der Waals surface area contributed by atoms with E-state index in [-0.39, 0.29) is 19.0 Å². The lowest BCUT2D eigenvalue weighted by Crippen LogP contribution is -2.31. The fraction of sp³-hybridized carbons (Fsp3) is 0.333. The van der Waals surface area contributed by atoms with Crippen molar-refractivity contribution in [3.05, 3.63) is 71.9 Å². The van der Waals surface area contributed by atoms with E-state index in [1.807, 2.05) is 30.3 Å². The number of nitrogens with one attached hydrogen (secondary N) is 2. The van der Waals surface area contributed by atoms with Gasteiger partial charge in [-0.2, -0.15) is 0 Å². The third-order valence-electron chi connectivity index (χ3n) is 6.68. The van der Waals surface area contributed by atoms with Gasteiger partial charge in [0.1, 0.15) is 5.75 Å². The number of carbonyl (C=O) groups excluding carboxylic acids is 1. The van der Waals surface area contributed by atoms with Gasteiger partial charge in [0, 0.05) is 24.2 Å². The maximum atomic E-state index is 11.8. The fourth-order valence-electron chi connectivity index (χ4n) is 4.62. The van der Waals surface area contributed by atoms with Crippen LogP contribution in [0.15, 0.2) is 61.3 Å². The van der Waals surface area contributed by atoms with Gasteiger partial charge in [-0.25, -0.2) is 9.97 Å². The van der Waals surface area contributed by atoms with Crippen molar-refractivity contribution in [2.45, 2.75) is 32.1 Å². The molecule has 224 valence electrons. The van der Waals surface area contributed by atoms with Crippen molar-refractivity contribution in [3.8, 4) is 17.0 Å². The van der Waals surface area contributed by atoms with Gasteiger partial charge >= 0.3 is 0 Å². The molecule has 4 N–H and O–H groups in total. The summed E-state index contributed by atoms with van der Waals surface area (Å²) in [6.45, 7) is 7.19. The second-order valence-corrected chi connectivity index (χ2v) is 12.0. The Labute approximate surface area is 251 Å². The maximum absolute atomic E-state index is 11.8. The fourth-order valence-corrected chi connectivity index (χ4v) is 5.04. The van der Waals surface area contributed by atoms with Gasteiger partial charge in [-0.1, -0.05) is 42.8 Å². The molecule has 42 heavy (non-hydrogen) atoms. The average Bonchev–Trinajstić information content (AvgIpc) is 2.97. The quantitative estimate of drug-likeness (QED) is 0.0738. The Bertz CT molecular complexity index is 1430. The molecule has 1 saturated heterocycles. The van der Waals surface area contributed by atoms with Crippen LogP contribution in [0.25, 0.3) is 11.3 Å². The molecule has 0 spiro atoms. The van der Waals surface area contributed by atoms with Crippen LogP contribution in [0.3, 0.4) is 0 Å². The number of hydrogen-bond acceptors (Lipinski definition) is 10. The molecule has 1 aliphatic heterocycles. The highest BCUT2D eigenvalue weighted by Gasteiger charge is 2.13. The number of ether oxygens (including phenoxy) is 1. The molecule has 0 aliphatic carbocycles. The molecule has 0 saturated carbocycles. The molecule has 1 aromatic heterocycles. The minimum atomic E-state index is -3.67. The number of allylic oxidation sites excluding steroid dienone is 1. The standard InChI is InChI=1S/C30H37ClN5O5P/c1-3-25(37)18-22-9-7-10-23(17-22)29-26(31)20-33-30(35-29)34-24-11-12-28(40-21-41-42(2,38)39)27(19-24)32-13-8-16-36-14-5-4-6-15-36/h3,7,9-12,17,19-20,32,38-39H,1-2,4-6,8,13-16,18,21H2,(H,33,34,35). The first-order chi connectivity index (χ1) is 20.2. The number of likely N-dealkylation sites (tertiary alicyclic amines) is 1. The number of rotatable bonds is 15. The monoisotopic (exact) mass is 613 g/mol. The number of halogens is 1. The number of benzene rings is 2. The molecule has 2 heterocycles. The molecule has 1 fully saturated rings. The smallest absolute Gasteiger partial charge is 0.248 e. The number of aromatic nitrogens is 2. The minimum Gasteiger partial charge on any atom is -0.465 e. The van der Waals surface area contributed by atoms with Gasteiger partial charge in [-0.05, 0) is 81.1 Å². The molecule has 3 aromatic rings. The number of anilines is 3. The summed E-state index contributed by atoms with van der Waals surface area (Å²) in [6.07, 6.45) is 11.0. The Morgan fingerprint density at radius 1 is 1.17 bits per heavy atom. The van der Waals surface area contributed by atoms with Crippen LogP contribution < -0.4 is 15.4 Å². The van der Waals surface area contributed by atoms with Gasteiger partial charge in [0.15, 0.2) is 12.6 Å². The molecule has 0 atom stereocenters. The highest BCUT2D eigenvalue weighted by atomic mass is 35.5. The molecule has 0 amide bonds. The largest absolute Gasteiger partial charge is 0.465 e. The summed E-state index contributed by atoms with van der Waals surface area (Å²) < 4.78 is 10.6. The van der Waals surface area contributed by atoms with Crippen LogP contribution in [0.5, 0.6) is 5.75 Å². The van der Waals surface area contributed by atoms with E-state index >= 15 is 0 Å². The molecular formula is C30H37ClN5O5P. The molecule has 12 heteroatoms. The van der Waals surface area contributed by atoms with Crippen LogP contribution in [0.2, 0.25) is 5.02 Å². The third kappa shape index (κ3) is 9.94. The summed E-state index contributed by atoms with van der Waals surface area (Å²) in [6, 6.07) is 12.9. The normalized spacial score (nSPS) is 13.9.